The summed E-state index contributed by atoms with van der Waals surface area (Å²) in [6, 6.07) is 10.1. The van der Waals surface area contributed by atoms with Crippen LogP contribution in [0.25, 0.3) is 0 Å². The first-order valence-electron chi connectivity index (χ1n) is 6.66. The minimum atomic E-state index is 0. The summed E-state index contributed by atoms with van der Waals surface area (Å²) in [7, 11) is 0. The molecule has 0 saturated carbocycles. The molecular formula is C14H22ClN3O. The van der Waals surface area contributed by atoms with Gasteiger partial charge >= 0.3 is 0 Å². The standard InChI is InChI=1S/C14H21N3O.ClH/c18-14(13-8-4-9-16-13)17-11-5-10-15-12-6-2-1-3-7-12;/h1-3,6-7,13,15-16H,4-5,8-11H2,(H,17,18);1H/t13-;/m0./s1. The molecule has 0 aliphatic carbocycles. The first kappa shape index (κ1) is 15.8. The van der Waals surface area contributed by atoms with E-state index >= 15 is 0 Å². The van der Waals surface area contributed by atoms with E-state index < -0.39 is 0 Å². The molecule has 1 fully saturated rings. The highest BCUT2D eigenvalue weighted by atomic mass is 35.5. The molecule has 1 saturated heterocycles. The van der Waals surface area contributed by atoms with Crippen molar-refractivity contribution in [3.05, 3.63) is 30.3 Å². The maximum absolute atomic E-state index is 11.7. The van der Waals surface area contributed by atoms with Gasteiger partial charge in [-0.05, 0) is 37.9 Å². The lowest BCUT2D eigenvalue weighted by atomic mass is 10.2. The number of para-hydroxylation sites is 1. The number of anilines is 1. The molecule has 1 amide bonds. The Bertz CT molecular complexity index is 366. The molecule has 0 unspecified atom stereocenters. The second kappa shape index (κ2) is 8.77. The number of benzene rings is 1. The van der Waals surface area contributed by atoms with Crippen molar-refractivity contribution in [2.75, 3.05) is 25.0 Å². The number of hydrogen-bond acceptors (Lipinski definition) is 3. The highest BCUT2D eigenvalue weighted by Gasteiger charge is 2.20. The van der Waals surface area contributed by atoms with Gasteiger partial charge < -0.3 is 16.0 Å². The summed E-state index contributed by atoms with van der Waals surface area (Å²) < 4.78 is 0. The average Bonchev–Trinajstić information content (AvgIpc) is 2.93. The number of nitrogens with one attached hydrogen (secondary N) is 3. The van der Waals surface area contributed by atoms with Gasteiger partial charge in [0.05, 0.1) is 6.04 Å². The van der Waals surface area contributed by atoms with Crippen LogP contribution in [0, 0.1) is 0 Å². The Morgan fingerprint density at radius 3 is 2.74 bits per heavy atom. The number of carbonyl (C=O) groups is 1. The Morgan fingerprint density at radius 1 is 1.26 bits per heavy atom. The van der Waals surface area contributed by atoms with Gasteiger partial charge in [-0.3, -0.25) is 4.79 Å². The number of carbonyl (C=O) groups excluding carboxylic acids is 1. The summed E-state index contributed by atoms with van der Waals surface area (Å²) >= 11 is 0. The fraction of sp³-hybridized carbons (Fsp3) is 0.500. The Labute approximate surface area is 120 Å². The summed E-state index contributed by atoms with van der Waals surface area (Å²) in [6.07, 6.45) is 3.01. The summed E-state index contributed by atoms with van der Waals surface area (Å²) in [5.41, 5.74) is 1.13. The normalized spacial score (nSPS) is 17.6. The van der Waals surface area contributed by atoms with Crippen molar-refractivity contribution in [3.8, 4) is 0 Å². The maximum atomic E-state index is 11.7. The quantitative estimate of drug-likeness (QED) is 0.698. The van der Waals surface area contributed by atoms with E-state index in [2.05, 4.69) is 16.0 Å². The third-order valence-corrected chi connectivity index (χ3v) is 3.13. The minimum Gasteiger partial charge on any atom is -0.385 e. The van der Waals surface area contributed by atoms with Crippen LogP contribution in [0.15, 0.2) is 30.3 Å². The van der Waals surface area contributed by atoms with Crippen LogP contribution in [-0.2, 0) is 4.79 Å². The lowest BCUT2D eigenvalue weighted by molar-refractivity contribution is -0.122. The summed E-state index contributed by atoms with van der Waals surface area (Å²) in [4.78, 5) is 11.7. The Hall–Kier alpha value is -1.26. The van der Waals surface area contributed by atoms with Crippen molar-refractivity contribution in [2.45, 2.75) is 25.3 Å². The van der Waals surface area contributed by atoms with Crippen LogP contribution in [0.5, 0.6) is 0 Å². The predicted octanol–water partition coefficient (Wildman–Crippen LogP) is 1.78. The van der Waals surface area contributed by atoms with Crippen molar-refractivity contribution >= 4 is 24.0 Å². The Balaban J connectivity index is 0.00000180. The van der Waals surface area contributed by atoms with E-state index in [9.17, 15) is 4.79 Å². The van der Waals surface area contributed by atoms with Gasteiger partial charge in [-0.2, -0.15) is 0 Å². The van der Waals surface area contributed by atoms with E-state index in [4.69, 9.17) is 0 Å². The topological polar surface area (TPSA) is 53.2 Å². The molecule has 3 N–H and O–H groups in total. The number of halogens is 1. The van der Waals surface area contributed by atoms with E-state index in [0.29, 0.717) is 0 Å². The van der Waals surface area contributed by atoms with Crippen LogP contribution < -0.4 is 16.0 Å². The van der Waals surface area contributed by atoms with Gasteiger partial charge in [-0.25, -0.2) is 0 Å². The molecule has 0 radical (unpaired) electrons. The molecule has 1 atom stereocenters. The van der Waals surface area contributed by atoms with Gasteiger partial charge in [-0.15, -0.1) is 12.4 Å². The second-order valence-electron chi connectivity index (χ2n) is 4.59. The van der Waals surface area contributed by atoms with Gasteiger partial charge in [0, 0.05) is 18.8 Å². The van der Waals surface area contributed by atoms with E-state index in [1.165, 1.54) is 0 Å². The highest BCUT2D eigenvalue weighted by molar-refractivity contribution is 5.85. The van der Waals surface area contributed by atoms with Gasteiger partial charge in [0.1, 0.15) is 0 Å². The van der Waals surface area contributed by atoms with Gasteiger partial charge in [0.15, 0.2) is 0 Å². The second-order valence-corrected chi connectivity index (χ2v) is 4.59. The van der Waals surface area contributed by atoms with Crippen LogP contribution in [0.4, 0.5) is 5.69 Å². The molecule has 2 rings (SSSR count). The Morgan fingerprint density at radius 2 is 2.05 bits per heavy atom. The molecular weight excluding hydrogens is 262 g/mol. The van der Waals surface area contributed by atoms with Crippen molar-refractivity contribution in [1.82, 2.24) is 10.6 Å². The molecule has 1 aromatic rings. The lowest BCUT2D eigenvalue weighted by Gasteiger charge is -2.11. The van der Waals surface area contributed by atoms with E-state index in [1.54, 1.807) is 0 Å². The Kier molecular flexibility index (Phi) is 7.30. The van der Waals surface area contributed by atoms with Crippen molar-refractivity contribution in [2.24, 2.45) is 0 Å². The van der Waals surface area contributed by atoms with Gasteiger partial charge in [0.25, 0.3) is 0 Å². The molecule has 106 valence electrons. The molecule has 1 heterocycles. The SMILES string of the molecule is Cl.O=C(NCCCNc1ccccc1)[C@@H]1CCCN1. The van der Waals surface area contributed by atoms with E-state index in [-0.39, 0.29) is 24.4 Å². The van der Waals surface area contributed by atoms with Crippen LogP contribution in [0.3, 0.4) is 0 Å². The van der Waals surface area contributed by atoms with Gasteiger partial charge in [-0.1, -0.05) is 18.2 Å². The fourth-order valence-electron chi connectivity index (χ4n) is 2.12. The maximum Gasteiger partial charge on any atom is 0.237 e. The van der Waals surface area contributed by atoms with Crippen molar-refractivity contribution in [3.63, 3.8) is 0 Å². The van der Waals surface area contributed by atoms with Crippen LogP contribution in [0.1, 0.15) is 19.3 Å². The zero-order valence-corrected chi connectivity index (χ0v) is 11.8. The molecule has 0 aromatic heterocycles. The largest absolute Gasteiger partial charge is 0.385 e. The number of amides is 1. The zero-order valence-electron chi connectivity index (χ0n) is 11.0. The summed E-state index contributed by atoms with van der Waals surface area (Å²) in [6.45, 7) is 2.58. The van der Waals surface area contributed by atoms with Crippen LogP contribution in [0.2, 0.25) is 0 Å². The first-order valence-corrected chi connectivity index (χ1v) is 6.66. The molecule has 1 aromatic carbocycles. The highest BCUT2D eigenvalue weighted by Crippen LogP contribution is 2.05. The van der Waals surface area contributed by atoms with Gasteiger partial charge in [0.2, 0.25) is 5.91 Å². The number of rotatable bonds is 6. The summed E-state index contributed by atoms with van der Waals surface area (Å²) in [5.74, 6) is 0.146. The molecule has 4 nitrogen and oxygen atoms in total. The summed E-state index contributed by atoms with van der Waals surface area (Å²) in [5, 5.41) is 9.49. The van der Waals surface area contributed by atoms with Crippen LogP contribution in [-0.4, -0.2) is 31.6 Å². The fourth-order valence-corrected chi connectivity index (χ4v) is 2.12. The smallest absolute Gasteiger partial charge is 0.237 e. The van der Waals surface area contributed by atoms with Crippen LogP contribution >= 0.6 is 12.4 Å². The monoisotopic (exact) mass is 283 g/mol. The van der Waals surface area contributed by atoms with Crippen molar-refractivity contribution in [1.29, 1.82) is 0 Å². The zero-order chi connectivity index (χ0) is 12.6. The lowest BCUT2D eigenvalue weighted by Crippen LogP contribution is -2.41. The molecule has 0 spiro atoms. The molecule has 1 aliphatic rings. The third kappa shape index (κ3) is 5.49. The molecule has 5 heteroatoms. The minimum absolute atomic E-state index is 0. The first-order chi connectivity index (χ1) is 8.86. The molecule has 0 bridgehead atoms. The van der Waals surface area contributed by atoms with E-state index in [1.807, 2.05) is 30.3 Å². The molecule has 1 aliphatic heterocycles. The number of hydrogen-bond donors (Lipinski definition) is 3. The predicted molar refractivity (Wildman–Crippen MR) is 80.8 cm³/mol. The van der Waals surface area contributed by atoms with E-state index in [0.717, 1.165) is 44.6 Å². The van der Waals surface area contributed by atoms with Crippen molar-refractivity contribution < 1.29 is 4.79 Å². The molecule has 19 heavy (non-hydrogen) atoms. The average molecular weight is 284 g/mol. The third-order valence-electron chi connectivity index (χ3n) is 3.13.